The molecule has 1 N–H and O–H groups in total. The zero-order valence-electron chi connectivity index (χ0n) is 10.2. The number of nitrogens with zero attached hydrogens (tertiary/aromatic N) is 1. The van der Waals surface area contributed by atoms with Crippen LogP contribution in [0.25, 0.3) is 0 Å². The molecule has 0 aliphatic carbocycles. The summed E-state index contributed by atoms with van der Waals surface area (Å²) in [5, 5.41) is 8.56. The van der Waals surface area contributed by atoms with Crippen molar-refractivity contribution in [2.45, 2.75) is 19.4 Å². The second-order valence-electron chi connectivity index (χ2n) is 4.36. The first-order chi connectivity index (χ1) is 8.56. The maximum atomic E-state index is 11.5. The molecular formula is C13H15NO4. The Morgan fingerprint density at radius 1 is 1.44 bits per heavy atom. The average molecular weight is 249 g/mol. The van der Waals surface area contributed by atoms with Crippen LogP contribution in [0.2, 0.25) is 0 Å². The van der Waals surface area contributed by atoms with Crippen molar-refractivity contribution >= 4 is 11.9 Å². The molecule has 1 aromatic rings. The highest BCUT2D eigenvalue weighted by molar-refractivity contribution is 5.93. The number of fused-ring (bicyclic) bond motifs is 1. The van der Waals surface area contributed by atoms with Crippen molar-refractivity contribution in [3.63, 3.8) is 0 Å². The van der Waals surface area contributed by atoms with Crippen molar-refractivity contribution in [3.8, 4) is 5.75 Å². The third-order valence-electron chi connectivity index (χ3n) is 2.90. The monoisotopic (exact) mass is 249 g/mol. The van der Waals surface area contributed by atoms with Gasteiger partial charge < -0.3 is 14.7 Å². The first kappa shape index (κ1) is 12.4. The minimum Gasteiger partial charge on any atom is -0.493 e. The maximum absolute atomic E-state index is 11.5. The van der Waals surface area contributed by atoms with E-state index in [-0.39, 0.29) is 5.91 Å². The number of hydrogen-bond donors (Lipinski definition) is 1. The number of carbonyl (C=O) groups is 2. The van der Waals surface area contributed by atoms with E-state index in [1.807, 2.05) is 18.2 Å². The minimum absolute atomic E-state index is 0.390. The van der Waals surface area contributed by atoms with Crippen LogP contribution in [0.3, 0.4) is 0 Å². The summed E-state index contributed by atoms with van der Waals surface area (Å²) in [5.74, 6) is -0.591. The quantitative estimate of drug-likeness (QED) is 0.810. The lowest BCUT2D eigenvalue weighted by Crippen LogP contribution is -2.28. The predicted octanol–water partition coefficient (Wildman–Crippen LogP) is 1.05. The van der Waals surface area contributed by atoms with E-state index in [4.69, 9.17) is 9.84 Å². The molecule has 0 fully saturated rings. The number of ether oxygens (including phenoxy) is 1. The molecule has 1 heterocycles. The highest BCUT2D eigenvalue weighted by Gasteiger charge is 2.15. The number of carbonyl (C=O) groups excluding carboxylic acids is 1. The Morgan fingerprint density at radius 3 is 2.94 bits per heavy atom. The molecule has 2 rings (SSSR count). The summed E-state index contributed by atoms with van der Waals surface area (Å²) in [5.41, 5.74) is 2.13. The van der Waals surface area contributed by atoms with Crippen molar-refractivity contribution in [3.05, 3.63) is 29.3 Å². The van der Waals surface area contributed by atoms with Gasteiger partial charge in [-0.15, -0.1) is 0 Å². The first-order valence-electron chi connectivity index (χ1n) is 5.76. The van der Waals surface area contributed by atoms with Gasteiger partial charge in [-0.2, -0.15) is 0 Å². The van der Waals surface area contributed by atoms with Gasteiger partial charge in [-0.3, -0.25) is 9.59 Å². The molecule has 0 radical (unpaired) electrons. The van der Waals surface area contributed by atoms with Crippen LogP contribution >= 0.6 is 0 Å². The summed E-state index contributed by atoms with van der Waals surface area (Å²) >= 11 is 0. The van der Waals surface area contributed by atoms with E-state index in [2.05, 4.69) is 0 Å². The molecule has 0 saturated carbocycles. The van der Waals surface area contributed by atoms with Gasteiger partial charge >= 0.3 is 5.97 Å². The van der Waals surface area contributed by atoms with E-state index < -0.39 is 12.4 Å². The SMILES string of the molecule is CN(Cc1ccc2c(c1)CCO2)C(=O)CC(=O)O. The van der Waals surface area contributed by atoms with Crippen LogP contribution in [0.4, 0.5) is 0 Å². The Hall–Kier alpha value is -2.04. The molecule has 0 saturated heterocycles. The number of aliphatic carboxylic acids is 1. The number of carboxylic acid groups (broad SMARTS) is 1. The molecule has 18 heavy (non-hydrogen) atoms. The standard InChI is InChI=1S/C13H15NO4/c1-14(12(15)7-13(16)17)8-9-2-3-11-10(6-9)4-5-18-11/h2-3,6H,4-5,7-8H2,1H3,(H,16,17). The highest BCUT2D eigenvalue weighted by Crippen LogP contribution is 2.26. The molecule has 0 spiro atoms. The van der Waals surface area contributed by atoms with Crippen LogP contribution < -0.4 is 4.74 Å². The molecule has 0 unspecified atom stereocenters. The number of rotatable bonds is 4. The van der Waals surface area contributed by atoms with E-state index in [0.717, 1.165) is 23.3 Å². The molecule has 1 amide bonds. The van der Waals surface area contributed by atoms with E-state index in [1.54, 1.807) is 7.05 Å². The Kier molecular flexibility index (Phi) is 3.50. The molecule has 1 aromatic carbocycles. The smallest absolute Gasteiger partial charge is 0.312 e. The molecule has 1 aliphatic heterocycles. The lowest BCUT2D eigenvalue weighted by atomic mass is 10.1. The Balaban J connectivity index is 2.01. The summed E-state index contributed by atoms with van der Waals surface area (Å²) in [6.07, 6.45) is 0.417. The summed E-state index contributed by atoms with van der Waals surface area (Å²) in [6, 6.07) is 5.80. The van der Waals surface area contributed by atoms with Gasteiger partial charge in [0.1, 0.15) is 12.2 Å². The molecule has 0 aromatic heterocycles. The van der Waals surface area contributed by atoms with Crippen molar-refractivity contribution in [2.75, 3.05) is 13.7 Å². The number of benzene rings is 1. The van der Waals surface area contributed by atoms with Crippen molar-refractivity contribution < 1.29 is 19.4 Å². The van der Waals surface area contributed by atoms with Crippen LogP contribution in [-0.4, -0.2) is 35.5 Å². The number of hydrogen-bond acceptors (Lipinski definition) is 3. The Labute approximate surface area is 105 Å². The lowest BCUT2D eigenvalue weighted by molar-refractivity contribution is -0.143. The molecule has 5 nitrogen and oxygen atoms in total. The highest BCUT2D eigenvalue weighted by atomic mass is 16.5. The minimum atomic E-state index is -1.10. The average Bonchev–Trinajstić information content (AvgIpc) is 2.75. The third kappa shape index (κ3) is 2.80. The first-order valence-corrected chi connectivity index (χ1v) is 5.76. The predicted molar refractivity (Wildman–Crippen MR) is 64.4 cm³/mol. The molecule has 0 bridgehead atoms. The van der Waals surface area contributed by atoms with Gasteiger partial charge in [0.05, 0.1) is 6.61 Å². The number of amides is 1. The van der Waals surface area contributed by atoms with E-state index >= 15 is 0 Å². The van der Waals surface area contributed by atoms with Crippen molar-refractivity contribution in [1.82, 2.24) is 4.90 Å². The maximum Gasteiger partial charge on any atom is 0.312 e. The van der Waals surface area contributed by atoms with Gasteiger partial charge in [0, 0.05) is 20.0 Å². The fourth-order valence-electron chi connectivity index (χ4n) is 1.96. The fraction of sp³-hybridized carbons (Fsp3) is 0.385. The van der Waals surface area contributed by atoms with E-state index in [1.165, 1.54) is 4.90 Å². The zero-order valence-corrected chi connectivity index (χ0v) is 10.2. The second kappa shape index (κ2) is 5.08. The summed E-state index contributed by atoms with van der Waals surface area (Å²) in [6.45, 7) is 1.12. The lowest BCUT2D eigenvalue weighted by Gasteiger charge is -2.16. The van der Waals surface area contributed by atoms with Gasteiger partial charge in [-0.1, -0.05) is 12.1 Å². The Morgan fingerprint density at radius 2 is 2.22 bits per heavy atom. The summed E-state index contributed by atoms with van der Waals surface area (Å²) < 4.78 is 5.40. The number of carboxylic acids is 1. The fourth-order valence-corrected chi connectivity index (χ4v) is 1.96. The Bertz CT molecular complexity index is 484. The third-order valence-corrected chi connectivity index (χ3v) is 2.90. The second-order valence-corrected chi connectivity index (χ2v) is 4.36. The van der Waals surface area contributed by atoms with Gasteiger partial charge in [-0.05, 0) is 17.2 Å². The largest absolute Gasteiger partial charge is 0.493 e. The summed E-state index contributed by atoms with van der Waals surface area (Å²) in [7, 11) is 1.61. The zero-order chi connectivity index (χ0) is 13.1. The summed E-state index contributed by atoms with van der Waals surface area (Å²) in [4.78, 5) is 23.4. The van der Waals surface area contributed by atoms with Crippen LogP contribution in [-0.2, 0) is 22.6 Å². The van der Waals surface area contributed by atoms with Crippen LogP contribution in [0.15, 0.2) is 18.2 Å². The van der Waals surface area contributed by atoms with Crippen molar-refractivity contribution in [1.29, 1.82) is 0 Å². The molecule has 1 aliphatic rings. The normalized spacial score (nSPS) is 12.7. The van der Waals surface area contributed by atoms with Gasteiger partial charge in [0.15, 0.2) is 0 Å². The van der Waals surface area contributed by atoms with Gasteiger partial charge in [0.25, 0.3) is 0 Å². The molecule has 96 valence electrons. The molecule has 0 atom stereocenters. The van der Waals surface area contributed by atoms with Crippen LogP contribution in [0.5, 0.6) is 5.75 Å². The van der Waals surface area contributed by atoms with Crippen molar-refractivity contribution in [2.24, 2.45) is 0 Å². The molecule has 5 heteroatoms. The van der Waals surface area contributed by atoms with Gasteiger partial charge in [0.2, 0.25) is 5.91 Å². The van der Waals surface area contributed by atoms with Gasteiger partial charge in [-0.25, -0.2) is 0 Å². The van der Waals surface area contributed by atoms with E-state index in [0.29, 0.717) is 13.2 Å². The van der Waals surface area contributed by atoms with Crippen LogP contribution in [0, 0.1) is 0 Å². The van der Waals surface area contributed by atoms with Crippen LogP contribution in [0.1, 0.15) is 17.5 Å². The van der Waals surface area contributed by atoms with E-state index in [9.17, 15) is 9.59 Å². The topological polar surface area (TPSA) is 66.8 Å². The molecular weight excluding hydrogens is 234 g/mol.